The standard InChI is InChI=1S/C57H38N4O/c1-4-12-37(13-5-1)39-20-26-42(27-21-39)55-58-56(43-28-22-40(23-29-43)38-14-6-2-7-15-38)60-57(59-55)44-30-24-41(25-31-44)45-32-35-52-49(36-45)47-33-34-51-53(54(47)62-52)48-18-10-11-19-50(48)61(51)46-16-8-3-9-17-46/h1-36,47,54H. The molecule has 62 heavy (non-hydrogen) atoms. The highest BCUT2D eigenvalue weighted by molar-refractivity contribution is 5.92. The number of nitrogens with zero attached hydrogens (tertiary/aromatic N) is 4. The van der Waals surface area contributed by atoms with Gasteiger partial charge in [-0.15, -0.1) is 0 Å². The maximum absolute atomic E-state index is 6.83. The third-order valence-corrected chi connectivity index (χ3v) is 12.3. The van der Waals surface area contributed by atoms with Crippen molar-refractivity contribution in [2.24, 2.45) is 0 Å². The summed E-state index contributed by atoms with van der Waals surface area (Å²) in [7, 11) is 0. The highest BCUT2D eigenvalue weighted by atomic mass is 16.5. The monoisotopic (exact) mass is 794 g/mol. The highest BCUT2D eigenvalue weighted by Crippen LogP contribution is 2.53. The largest absolute Gasteiger partial charge is 0.484 e. The van der Waals surface area contributed by atoms with E-state index >= 15 is 0 Å². The summed E-state index contributed by atoms with van der Waals surface area (Å²) in [6, 6.07) is 72.2. The van der Waals surface area contributed by atoms with Crippen LogP contribution in [0.3, 0.4) is 0 Å². The van der Waals surface area contributed by atoms with Crippen LogP contribution in [0, 0.1) is 0 Å². The third-order valence-electron chi connectivity index (χ3n) is 12.3. The zero-order valence-corrected chi connectivity index (χ0v) is 33.6. The minimum absolute atomic E-state index is 0.103. The minimum Gasteiger partial charge on any atom is -0.484 e. The van der Waals surface area contributed by atoms with Crippen molar-refractivity contribution < 1.29 is 4.74 Å². The number of fused-ring (bicyclic) bond motifs is 7. The molecule has 5 nitrogen and oxygen atoms in total. The molecule has 2 atom stereocenters. The maximum atomic E-state index is 6.83. The summed E-state index contributed by atoms with van der Waals surface area (Å²) in [5.74, 6) is 2.93. The molecule has 12 rings (SSSR count). The van der Waals surface area contributed by atoms with Gasteiger partial charge in [0, 0.05) is 44.8 Å². The Bertz CT molecular complexity index is 3180. The molecular formula is C57H38N4O. The van der Waals surface area contributed by atoms with Crippen LogP contribution in [0.25, 0.3) is 90.2 Å². The Labute approximate surface area is 360 Å². The van der Waals surface area contributed by atoms with Crippen LogP contribution in [0.4, 0.5) is 0 Å². The summed E-state index contributed by atoms with van der Waals surface area (Å²) in [5, 5.41) is 1.23. The maximum Gasteiger partial charge on any atom is 0.164 e. The molecule has 0 saturated carbocycles. The molecule has 2 aliphatic rings. The van der Waals surface area contributed by atoms with E-state index < -0.39 is 0 Å². The number of para-hydroxylation sites is 2. The fraction of sp³-hybridized carbons (Fsp3) is 0.0351. The number of benzene rings is 8. The van der Waals surface area contributed by atoms with E-state index in [9.17, 15) is 0 Å². The normalized spacial score (nSPS) is 14.8. The molecule has 1 aliphatic carbocycles. The first kappa shape index (κ1) is 35.8. The van der Waals surface area contributed by atoms with E-state index in [0.717, 1.165) is 50.4 Å². The topological polar surface area (TPSA) is 52.8 Å². The van der Waals surface area contributed by atoms with Gasteiger partial charge in [0.25, 0.3) is 0 Å². The Morgan fingerprint density at radius 1 is 0.403 bits per heavy atom. The van der Waals surface area contributed by atoms with Gasteiger partial charge in [-0.05, 0) is 69.8 Å². The van der Waals surface area contributed by atoms with Crippen molar-refractivity contribution in [3.63, 3.8) is 0 Å². The van der Waals surface area contributed by atoms with Crippen molar-refractivity contribution in [1.82, 2.24) is 19.5 Å². The van der Waals surface area contributed by atoms with Crippen molar-refractivity contribution in [3.8, 4) is 79.0 Å². The quantitative estimate of drug-likeness (QED) is 0.161. The fourth-order valence-electron chi connectivity index (χ4n) is 9.17. The lowest BCUT2D eigenvalue weighted by Crippen LogP contribution is -2.13. The Kier molecular flexibility index (Phi) is 8.56. The third kappa shape index (κ3) is 6.22. The number of rotatable bonds is 7. The molecular weight excluding hydrogens is 757 g/mol. The van der Waals surface area contributed by atoms with E-state index in [-0.39, 0.29) is 12.0 Å². The fourth-order valence-corrected chi connectivity index (χ4v) is 9.17. The van der Waals surface area contributed by atoms with Gasteiger partial charge >= 0.3 is 0 Å². The van der Waals surface area contributed by atoms with Crippen molar-refractivity contribution in [1.29, 1.82) is 0 Å². The summed E-state index contributed by atoms with van der Waals surface area (Å²) < 4.78 is 9.19. The Morgan fingerprint density at radius 2 is 0.839 bits per heavy atom. The molecule has 292 valence electrons. The molecule has 0 N–H and O–H groups in total. The van der Waals surface area contributed by atoms with Gasteiger partial charge in [-0.1, -0.05) is 182 Å². The summed E-state index contributed by atoms with van der Waals surface area (Å²) in [5.41, 5.74) is 15.6. The van der Waals surface area contributed by atoms with Gasteiger partial charge in [0.1, 0.15) is 11.9 Å². The molecule has 0 saturated heterocycles. The van der Waals surface area contributed by atoms with E-state index in [0.29, 0.717) is 17.5 Å². The van der Waals surface area contributed by atoms with Crippen LogP contribution in [0.2, 0.25) is 0 Å². The first-order valence-corrected chi connectivity index (χ1v) is 21.1. The van der Waals surface area contributed by atoms with Gasteiger partial charge in [0.15, 0.2) is 17.5 Å². The lowest BCUT2D eigenvalue weighted by molar-refractivity contribution is 0.224. The molecule has 3 heterocycles. The molecule has 0 amide bonds. The second-order valence-electron chi connectivity index (χ2n) is 15.9. The number of ether oxygens (including phenoxy) is 1. The van der Waals surface area contributed by atoms with Gasteiger partial charge in [0.05, 0.1) is 11.2 Å². The predicted molar refractivity (Wildman–Crippen MR) is 251 cm³/mol. The molecule has 2 unspecified atom stereocenters. The average Bonchev–Trinajstić information content (AvgIpc) is 3.90. The van der Waals surface area contributed by atoms with E-state index in [4.69, 9.17) is 19.7 Å². The van der Waals surface area contributed by atoms with Crippen molar-refractivity contribution in [3.05, 3.63) is 229 Å². The number of aromatic nitrogens is 4. The average molecular weight is 795 g/mol. The van der Waals surface area contributed by atoms with Crippen molar-refractivity contribution in [2.45, 2.75) is 12.0 Å². The number of hydrogen-bond donors (Lipinski definition) is 0. The Morgan fingerprint density at radius 3 is 1.39 bits per heavy atom. The van der Waals surface area contributed by atoms with Crippen molar-refractivity contribution in [2.75, 3.05) is 0 Å². The van der Waals surface area contributed by atoms with Gasteiger partial charge in [-0.25, -0.2) is 15.0 Å². The molecule has 0 fully saturated rings. The highest BCUT2D eigenvalue weighted by Gasteiger charge is 2.40. The molecule has 0 spiro atoms. The van der Waals surface area contributed by atoms with Gasteiger partial charge in [0.2, 0.25) is 0 Å². The SMILES string of the molecule is C1=CC2c3cc(-c4ccc(-c5nc(-c6ccc(-c7ccccc7)cc6)nc(-c6ccc(-c7ccccc7)cc6)n5)cc4)ccc3OC2c2c1n(-c1ccccc1)c1ccccc21. The van der Waals surface area contributed by atoms with Crippen molar-refractivity contribution >= 4 is 17.0 Å². The van der Waals surface area contributed by atoms with Crippen LogP contribution in [-0.2, 0) is 0 Å². The van der Waals surface area contributed by atoms with Crippen LogP contribution >= 0.6 is 0 Å². The molecule has 10 aromatic rings. The van der Waals surface area contributed by atoms with Gasteiger partial charge < -0.3 is 9.30 Å². The summed E-state index contributed by atoms with van der Waals surface area (Å²) in [6.07, 6.45) is 4.51. The molecule has 0 radical (unpaired) electrons. The second-order valence-corrected chi connectivity index (χ2v) is 15.9. The van der Waals surface area contributed by atoms with E-state index in [1.54, 1.807) is 0 Å². The predicted octanol–water partition coefficient (Wildman–Crippen LogP) is 14.1. The van der Waals surface area contributed by atoms with Gasteiger partial charge in [-0.3, -0.25) is 0 Å². The van der Waals surface area contributed by atoms with Crippen LogP contribution in [0.1, 0.15) is 28.8 Å². The Balaban J connectivity index is 0.877. The van der Waals surface area contributed by atoms with Crippen LogP contribution < -0.4 is 4.74 Å². The summed E-state index contributed by atoms with van der Waals surface area (Å²) >= 11 is 0. The van der Waals surface area contributed by atoms with E-state index in [1.807, 2.05) is 12.1 Å². The summed E-state index contributed by atoms with van der Waals surface area (Å²) in [4.78, 5) is 15.2. The van der Waals surface area contributed by atoms with Crippen LogP contribution in [0.15, 0.2) is 212 Å². The number of hydrogen-bond acceptors (Lipinski definition) is 4. The smallest absolute Gasteiger partial charge is 0.164 e. The van der Waals surface area contributed by atoms with Gasteiger partial charge in [-0.2, -0.15) is 0 Å². The first-order chi connectivity index (χ1) is 30.7. The Hall–Kier alpha value is -8.15. The molecule has 1 aliphatic heterocycles. The molecule has 0 bridgehead atoms. The molecule has 5 heteroatoms. The zero-order chi connectivity index (χ0) is 41.0. The molecule has 8 aromatic carbocycles. The first-order valence-electron chi connectivity index (χ1n) is 21.1. The van der Waals surface area contributed by atoms with E-state index in [2.05, 4.69) is 211 Å². The zero-order valence-electron chi connectivity index (χ0n) is 33.6. The van der Waals surface area contributed by atoms with E-state index in [1.165, 1.54) is 38.9 Å². The molecule has 2 aromatic heterocycles. The summed E-state index contributed by atoms with van der Waals surface area (Å²) in [6.45, 7) is 0. The minimum atomic E-state index is -0.103. The lowest BCUT2D eigenvalue weighted by Gasteiger charge is -2.22. The van der Waals surface area contributed by atoms with Crippen LogP contribution in [0.5, 0.6) is 5.75 Å². The second kappa shape index (κ2) is 14.8. The van der Waals surface area contributed by atoms with Crippen LogP contribution in [-0.4, -0.2) is 19.5 Å². The lowest BCUT2D eigenvalue weighted by atomic mass is 9.85.